The Bertz CT molecular complexity index is 690. The zero-order valence-corrected chi connectivity index (χ0v) is 11.5. The maximum absolute atomic E-state index is 13.0. The van der Waals surface area contributed by atoms with Crippen LogP contribution in [0.3, 0.4) is 0 Å². The van der Waals surface area contributed by atoms with Crippen molar-refractivity contribution in [2.75, 3.05) is 0 Å². The highest BCUT2D eigenvalue weighted by Crippen LogP contribution is 2.35. The average Bonchev–Trinajstić information content (AvgIpc) is 2.42. The van der Waals surface area contributed by atoms with Crippen LogP contribution in [0.25, 0.3) is 0 Å². The Hall–Kier alpha value is -2.28. The van der Waals surface area contributed by atoms with E-state index in [-0.39, 0.29) is 22.7 Å². The molecule has 0 saturated heterocycles. The minimum atomic E-state index is -0.653. The number of ether oxygens (including phenoxy) is 1. The van der Waals surface area contributed by atoms with E-state index in [1.807, 2.05) is 0 Å². The van der Waals surface area contributed by atoms with Crippen molar-refractivity contribution in [2.45, 2.75) is 0 Å². The highest BCUT2D eigenvalue weighted by Gasteiger charge is 2.17. The van der Waals surface area contributed by atoms with Gasteiger partial charge in [0, 0.05) is 11.6 Å². The van der Waals surface area contributed by atoms with Gasteiger partial charge in [0.2, 0.25) is 5.75 Å². The van der Waals surface area contributed by atoms with Crippen molar-refractivity contribution in [3.05, 3.63) is 62.4 Å². The molecule has 0 heterocycles. The van der Waals surface area contributed by atoms with E-state index in [9.17, 15) is 19.3 Å². The van der Waals surface area contributed by atoms with Gasteiger partial charge in [0.1, 0.15) is 17.9 Å². The Morgan fingerprint density at radius 2 is 1.90 bits per heavy atom. The number of carbonyl (C=O) groups excluding carboxylic acids is 1. The maximum Gasteiger partial charge on any atom is 0.312 e. The van der Waals surface area contributed by atoms with E-state index < -0.39 is 10.7 Å². The molecule has 0 aliphatic heterocycles. The summed E-state index contributed by atoms with van der Waals surface area (Å²) in [5.74, 6) is -0.267. The number of nitrogens with zero attached hydrogens (tertiary/aromatic N) is 1. The Kier molecular flexibility index (Phi) is 4.09. The van der Waals surface area contributed by atoms with Crippen LogP contribution in [0.2, 0.25) is 0 Å². The van der Waals surface area contributed by atoms with Gasteiger partial charge in [-0.2, -0.15) is 0 Å². The second-order valence-electron chi connectivity index (χ2n) is 3.78. The molecule has 0 N–H and O–H groups in total. The van der Waals surface area contributed by atoms with Crippen LogP contribution in [-0.4, -0.2) is 11.2 Å². The monoisotopic (exact) mass is 339 g/mol. The van der Waals surface area contributed by atoms with Gasteiger partial charge in [0.25, 0.3) is 0 Å². The quantitative estimate of drug-likeness (QED) is 0.477. The van der Waals surface area contributed by atoms with E-state index in [2.05, 4.69) is 15.9 Å². The van der Waals surface area contributed by atoms with Crippen molar-refractivity contribution in [1.29, 1.82) is 0 Å². The van der Waals surface area contributed by atoms with Gasteiger partial charge in [-0.1, -0.05) is 0 Å². The Morgan fingerprint density at radius 1 is 1.20 bits per heavy atom. The van der Waals surface area contributed by atoms with Gasteiger partial charge in [-0.15, -0.1) is 0 Å². The van der Waals surface area contributed by atoms with Crippen molar-refractivity contribution in [3.63, 3.8) is 0 Å². The molecular weight excluding hydrogens is 333 g/mol. The largest absolute Gasteiger partial charge is 0.449 e. The normalized spacial score (nSPS) is 10.1. The zero-order valence-electron chi connectivity index (χ0n) is 9.88. The molecule has 0 bridgehead atoms. The summed E-state index contributed by atoms with van der Waals surface area (Å²) in [7, 11) is 0. The molecule has 0 spiro atoms. The lowest BCUT2D eigenvalue weighted by Gasteiger charge is -2.08. The Morgan fingerprint density at radius 3 is 2.50 bits per heavy atom. The molecule has 7 heteroatoms. The first kappa shape index (κ1) is 14.1. The smallest absolute Gasteiger partial charge is 0.312 e. The van der Waals surface area contributed by atoms with E-state index in [0.717, 1.165) is 6.07 Å². The molecule has 102 valence electrons. The average molecular weight is 340 g/mol. The molecule has 0 aromatic heterocycles. The number of halogens is 2. The fourth-order valence-corrected chi connectivity index (χ4v) is 1.94. The molecule has 20 heavy (non-hydrogen) atoms. The minimum Gasteiger partial charge on any atom is -0.449 e. The molecule has 0 fully saturated rings. The Labute approximate surface area is 121 Å². The summed E-state index contributed by atoms with van der Waals surface area (Å²) in [6.07, 6.45) is 0.505. The van der Waals surface area contributed by atoms with Gasteiger partial charge in [-0.05, 0) is 46.3 Å². The first-order chi connectivity index (χ1) is 9.51. The standard InChI is InChI=1S/C13H7BrFNO4/c14-10-6-9(15)2-4-12(10)20-13-3-1-8(7-17)5-11(13)16(18)19/h1-7H. The van der Waals surface area contributed by atoms with Gasteiger partial charge in [-0.3, -0.25) is 14.9 Å². The first-order valence-electron chi connectivity index (χ1n) is 5.38. The number of rotatable bonds is 4. The molecular formula is C13H7BrFNO4. The molecule has 0 amide bonds. The lowest BCUT2D eigenvalue weighted by molar-refractivity contribution is -0.385. The first-order valence-corrected chi connectivity index (χ1v) is 6.17. The third-order valence-electron chi connectivity index (χ3n) is 2.43. The van der Waals surface area contributed by atoms with Crippen LogP contribution in [0.1, 0.15) is 10.4 Å². The summed E-state index contributed by atoms with van der Waals surface area (Å²) in [5, 5.41) is 11.0. The van der Waals surface area contributed by atoms with Crippen molar-refractivity contribution in [3.8, 4) is 11.5 Å². The summed E-state index contributed by atoms with van der Waals surface area (Å²) in [4.78, 5) is 20.9. The van der Waals surface area contributed by atoms with Crippen molar-refractivity contribution >= 4 is 27.9 Å². The number of carbonyl (C=O) groups is 1. The topological polar surface area (TPSA) is 69.4 Å². The van der Waals surface area contributed by atoms with Gasteiger partial charge in [0.05, 0.1) is 9.40 Å². The summed E-state index contributed by atoms with van der Waals surface area (Å²) < 4.78 is 18.7. The van der Waals surface area contributed by atoms with E-state index >= 15 is 0 Å². The number of nitro groups is 1. The van der Waals surface area contributed by atoms with Gasteiger partial charge in [0.15, 0.2) is 0 Å². The van der Waals surface area contributed by atoms with E-state index in [4.69, 9.17) is 4.74 Å². The molecule has 0 unspecified atom stereocenters. The molecule has 2 aromatic rings. The fourth-order valence-electron chi connectivity index (χ4n) is 1.51. The maximum atomic E-state index is 13.0. The predicted molar refractivity (Wildman–Crippen MR) is 72.7 cm³/mol. The highest BCUT2D eigenvalue weighted by atomic mass is 79.9. The molecule has 2 aromatic carbocycles. The van der Waals surface area contributed by atoms with Crippen LogP contribution in [0, 0.1) is 15.9 Å². The van der Waals surface area contributed by atoms with Crippen LogP contribution in [0.4, 0.5) is 10.1 Å². The molecule has 0 saturated carbocycles. The number of nitro benzene ring substituents is 1. The van der Waals surface area contributed by atoms with Crippen LogP contribution >= 0.6 is 15.9 Å². The second-order valence-corrected chi connectivity index (χ2v) is 4.63. The number of hydrogen-bond acceptors (Lipinski definition) is 4. The molecule has 5 nitrogen and oxygen atoms in total. The van der Waals surface area contributed by atoms with Crippen LogP contribution in [-0.2, 0) is 0 Å². The Balaban J connectivity index is 2.42. The van der Waals surface area contributed by atoms with E-state index in [1.54, 1.807) is 0 Å². The summed E-state index contributed by atoms with van der Waals surface area (Å²) in [5.41, 5.74) is -0.173. The van der Waals surface area contributed by atoms with Gasteiger partial charge in [-0.25, -0.2) is 4.39 Å². The van der Waals surface area contributed by atoms with Crippen molar-refractivity contribution < 1.29 is 18.8 Å². The lowest BCUT2D eigenvalue weighted by Crippen LogP contribution is -1.95. The number of hydrogen-bond donors (Lipinski definition) is 0. The van der Waals surface area contributed by atoms with E-state index in [1.165, 1.54) is 30.3 Å². The van der Waals surface area contributed by atoms with Gasteiger partial charge < -0.3 is 4.74 Å². The van der Waals surface area contributed by atoms with Crippen molar-refractivity contribution in [1.82, 2.24) is 0 Å². The molecule has 0 atom stereocenters. The third-order valence-corrected chi connectivity index (χ3v) is 3.05. The highest BCUT2D eigenvalue weighted by molar-refractivity contribution is 9.10. The number of aldehydes is 1. The second kappa shape index (κ2) is 5.79. The SMILES string of the molecule is O=Cc1ccc(Oc2ccc(F)cc2Br)c([N+](=O)[O-])c1. The fraction of sp³-hybridized carbons (Fsp3) is 0. The van der Waals surface area contributed by atoms with Crippen LogP contribution < -0.4 is 4.74 Å². The minimum absolute atomic E-state index is 0.0343. The predicted octanol–water partition coefficient (Wildman–Crippen LogP) is 4.10. The lowest BCUT2D eigenvalue weighted by atomic mass is 10.2. The molecule has 0 radical (unpaired) electrons. The van der Waals surface area contributed by atoms with Gasteiger partial charge >= 0.3 is 5.69 Å². The molecule has 2 rings (SSSR count). The zero-order chi connectivity index (χ0) is 14.7. The summed E-state index contributed by atoms with van der Waals surface area (Å²) in [6.45, 7) is 0. The van der Waals surface area contributed by atoms with E-state index in [0.29, 0.717) is 10.8 Å². The molecule has 0 aliphatic carbocycles. The summed E-state index contributed by atoms with van der Waals surface area (Å²) in [6, 6.07) is 7.52. The van der Waals surface area contributed by atoms with Crippen molar-refractivity contribution in [2.24, 2.45) is 0 Å². The van der Waals surface area contributed by atoms with Crippen LogP contribution in [0.15, 0.2) is 40.9 Å². The number of benzene rings is 2. The third kappa shape index (κ3) is 3.00. The molecule has 0 aliphatic rings. The summed E-state index contributed by atoms with van der Waals surface area (Å²) >= 11 is 3.10. The van der Waals surface area contributed by atoms with Crippen LogP contribution in [0.5, 0.6) is 11.5 Å².